The normalized spacial score (nSPS) is 34.6. The number of halogens is 2. The van der Waals surface area contributed by atoms with Crippen molar-refractivity contribution in [3.63, 3.8) is 0 Å². The third-order valence-electron chi connectivity index (χ3n) is 3.09. The third kappa shape index (κ3) is 2.22. The Hall–Kier alpha value is -1.16. The van der Waals surface area contributed by atoms with Gasteiger partial charge in [-0.25, -0.2) is 13.8 Å². The molecule has 106 valence electrons. The first-order chi connectivity index (χ1) is 8.95. The molecule has 1 unspecified atom stereocenters. The fourth-order valence-corrected chi connectivity index (χ4v) is 2.20. The van der Waals surface area contributed by atoms with Crippen LogP contribution in [0.1, 0.15) is 6.23 Å². The molecule has 0 saturated carbocycles. The third-order valence-corrected chi connectivity index (χ3v) is 3.39. The molecule has 4 N–H and O–H groups in total. The topological polar surface area (TPSA) is 93.5 Å². The van der Waals surface area contributed by atoms with Gasteiger partial charge in [0.25, 0.3) is 0 Å². The van der Waals surface area contributed by atoms with Crippen molar-refractivity contribution in [1.82, 2.24) is 9.55 Å². The number of ether oxygens (including phenoxy) is 1. The zero-order valence-corrected chi connectivity index (χ0v) is 10.6. The molecule has 1 saturated heterocycles. The van der Waals surface area contributed by atoms with E-state index < -0.39 is 37.4 Å². The lowest BCUT2D eigenvalue weighted by Crippen LogP contribution is -2.47. The minimum atomic E-state index is -1.99. The summed E-state index contributed by atoms with van der Waals surface area (Å²) in [7, 11) is 0. The van der Waals surface area contributed by atoms with E-state index in [0.717, 1.165) is 4.57 Å². The number of nitrogen functional groups attached to an aromatic ring is 1. The van der Waals surface area contributed by atoms with Crippen molar-refractivity contribution < 1.29 is 23.7 Å². The van der Waals surface area contributed by atoms with Crippen LogP contribution in [0, 0.1) is 4.77 Å². The molecule has 2 heterocycles. The molecule has 2 rings (SSSR count). The number of hydrogen-bond acceptors (Lipinski definition) is 6. The van der Waals surface area contributed by atoms with Crippen molar-refractivity contribution in [1.29, 1.82) is 0 Å². The summed E-state index contributed by atoms with van der Waals surface area (Å²) < 4.78 is 33.2. The fraction of sp³-hybridized carbons (Fsp3) is 0.600. The van der Waals surface area contributed by atoms with Crippen molar-refractivity contribution in [2.75, 3.05) is 19.0 Å². The summed E-state index contributed by atoms with van der Waals surface area (Å²) in [4.78, 5) is 3.75. The number of aliphatic hydroxyl groups is 2. The van der Waals surface area contributed by atoms with Crippen LogP contribution in [0.3, 0.4) is 0 Å². The Kier molecular flexibility index (Phi) is 3.81. The van der Waals surface area contributed by atoms with Crippen LogP contribution in [-0.4, -0.2) is 50.9 Å². The highest BCUT2D eigenvalue weighted by Gasteiger charge is 2.56. The van der Waals surface area contributed by atoms with Gasteiger partial charge < -0.3 is 20.7 Å². The average Bonchev–Trinajstić information content (AvgIpc) is 2.64. The quantitative estimate of drug-likeness (QED) is 0.686. The van der Waals surface area contributed by atoms with E-state index in [2.05, 4.69) is 4.98 Å². The highest BCUT2D eigenvalue weighted by Crippen LogP contribution is 2.39. The van der Waals surface area contributed by atoms with Crippen molar-refractivity contribution >= 4 is 18.0 Å². The Morgan fingerprint density at radius 3 is 2.79 bits per heavy atom. The molecule has 0 amide bonds. The Labute approximate surface area is 112 Å². The maximum absolute atomic E-state index is 14.0. The number of alkyl halides is 2. The highest BCUT2D eigenvalue weighted by atomic mass is 32.1. The van der Waals surface area contributed by atoms with E-state index in [9.17, 15) is 13.9 Å². The largest absolute Gasteiger partial charge is 0.393 e. The van der Waals surface area contributed by atoms with Gasteiger partial charge in [0.1, 0.15) is 18.6 Å². The van der Waals surface area contributed by atoms with Crippen LogP contribution in [0.5, 0.6) is 0 Å². The van der Waals surface area contributed by atoms with Gasteiger partial charge in [0.05, 0.1) is 6.61 Å². The monoisotopic (exact) mass is 293 g/mol. The molecule has 1 aliphatic heterocycles. The molecular formula is C10H13F2N3O3S. The Morgan fingerprint density at radius 2 is 2.32 bits per heavy atom. The van der Waals surface area contributed by atoms with E-state index in [1.165, 1.54) is 12.3 Å². The second-order valence-corrected chi connectivity index (χ2v) is 4.66. The minimum absolute atomic E-state index is 0.0625. The van der Waals surface area contributed by atoms with Crippen LogP contribution < -0.4 is 5.73 Å². The molecular weight excluding hydrogens is 280 g/mol. The first-order valence-corrected chi connectivity index (χ1v) is 5.87. The molecule has 1 aliphatic rings. The Morgan fingerprint density at radius 1 is 1.63 bits per heavy atom. The van der Waals surface area contributed by atoms with Crippen molar-refractivity contribution in [2.24, 2.45) is 0 Å². The van der Waals surface area contributed by atoms with E-state index in [1.54, 1.807) is 0 Å². The highest BCUT2D eigenvalue weighted by molar-refractivity contribution is 7.71. The van der Waals surface area contributed by atoms with Crippen LogP contribution in [0.15, 0.2) is 12.3 Å². The van der Waals surface area contributed by atoms with Gasteiger partial charge >= 0.3 is 0 Å². The van der Waals surface area contributed by atoms with Crippen LogP contribution in [0.4, 0.5) is 14.6 Å². The second-order valence-electron chi connectivity index (χ2n) is 4.30. The maximum Gasteiger partial charge on any atom is 0.203 e. The second kappa shape index (κ2) is 5.08. The predicted octanol–water partition coefficient (Wildman–Crippen LogP) is 0.123. The summed E-state index contributed by atoms with van der Waals surface area (Å²) >= 11 is 4.90. The zero-order valence-electron chi connectivity index (χ0n) is 9.74. The number of anilines is 1. The molecule has 6 nitrogen and oxygen atoms in total. The lowest BCUT2D eigenvalue weighted by atomic mass is 9.98. The smallest absolute Gasteiger partial charge is 0.203 e. The summed E-state index contributed by atoms with van der Waals surface area (Å²) in [6.07, 6.45) is -3.77. The number of rotatable bonds is 3. The van der Waals surface area contributed by atoms with E-state index in [1.807, 2.05) is 0 Å². The standard InChI is InChI=1S/C10H13F2N3O3S/c11-3-10(4-16)7(17)6(12)8(18-10)15-2-1-5(13)14-9(15)19/h1-2,6-8,16-17H,3-4H2,(H2,13,14,19)/t6?,7-,8-,10-/m1/s1. The fourth-order valence-electron chi connectivity index (χ4n) is 1.93. The molecule has 0 aromatic carbocycles. The Bertz CT molecular complexity index is 523. The summed E-state index contributed by atoms with van der Waals surface area (Å²) in [5, 5.41) is 18.8. The van der Waals surface area contributed by atoms with Gasteiger partial charge in [-0.2, -0.15) is 0 Å². The van der Waals surface area contributed by atoms with E-state index >= 15 is 0 Å². The lowest BCUT2D eigenvalue weighted by Gasteiger charge is -2.26. The number of nitrogens with two attached hydrogens (primary N) is 1. The summed E-state index contributed by atoms with van der Waals surface area (Å²) in [5.74, 6) is 0.147. The van der Waals surface area contributed by atoms with Crippen LogP contribution in [0.25, 0.3) is 0 Å². The van der Waals surface area contributed by atoms with E-state index in [0.29, 0.717) is 0 Å². The van der Waals surface area contributed by atoms with Gasteiger partial charge in [-0.05, 0) is 18.3 Å². The van der Waals surface area contributed by atoms with Crippen LogP contribution in [0.2, 0.25) is 0 Å². The number of nitrogens with zero attached hydrogens (tertiary/aromatic N) is 2. The molecule has 0 spiro atoms. The first kappa shape index (κ1) is 14.3. The summed E-state index contributed by atoms with van der Waals surface area (Å²) in [5.41, 5.74) is 3.43. The minimum Gasteiger partial charge on any atom is -0.393 e. The molecule has 0 radical (unpaired) electrons. The van der Waals surface area contributed by atoms with Crippen molar-refractivity contribution in [3.8, 4) is 0 Å². The van der Waals surface area contributed by atoms with E-state index in [4.69, 9.17) is 27.8 Å². The van der Waals surface area contributed by atoms with Gasteiger partial charge in [-0.1, -0.05) is 0 Å². The molecule has 9 heteroatoms. The predicted molar refractivity (Wildman–Crippen MR) is 64.3 cm³/mol. The SMILES string of the molecule is Nc1ccn([C@@H]2O[C@@](CO)(CF)[C@H](O)C2F)c(=S)n1. The molecule has 1 fully saturated rings. The van der Waals surface area contributed by atoms with Gasteiger partial charge in [-0.3, -0.25) is 4.57 Å². The molecule has 19 heavy (non-hydrogen) atoms. The van der Waals surface area contributed by atoms with Crippen molar-refractivity contribution in [2.45, 2.75) is 24.1 Å². The number of aromatic nitrogens is 2. The molecule has 0 bridgehead atoms. The molecule has 4 atom stereocenters. The molecule has 0 aliphatic carbocycles. The van der Waals surface area contributed by atoms with Gasteiger partial charge in [-0.15, -0.1) is 0 Å². The average molecular weight is 293 g/mol. The lowest BCUT2D eigenvalue weighted by molar-refractivity contribution is -0.137. The van der Waals surface area contributed by atoms with Crippen molar-refractivity contribution in [3.05, 3.63) is 17.0 Å². The number of hydrogen-bond donors (Lipinski definition) is 3. The maximum atomic E-state index is 14.0. The zero-order chi connectivity index (χ0) is 14.2. The summed E-state index contributed by atoms with van der Waals surface area (Å²) in [6.45, 7) is -2.07. The summed E-state index contributed by atoms with van der Waals surface area (Å²) in [6, 6.07) is 1.37. The van der Waals surface area contributed by atoms with E-state index in [-0.39, 0.29) is 10.6 Å². The molecule has 1 aromatic rings. The Balaban J connectivity index is 2.39. The van der Waals surface area contributed by atoms with Gasteiger partial charge in [0.15, 0.2) is 18.0 Å². The first-order valence-electron chi connectivity index (χ1n) is 5.46. The molecule has 1 aromatic heterocycles. The number of aliphatic hydroxyl groups excluding tert-OH is 2. The van der Waals surface area contributed by atoms with Gasteiger partial charge in [0, 0.05) is 6.20 Å². The van der Waals surface area contributed by atoms with Crippen LogP contribution >= 0.6 is 12.2 Å². The van der Waals surface area contributed by atoms with Gasteiger partial charge in [0.2, 0.25) is 4.77 Å². The van der Waals surface area contributed by atoms with Crippen LogP contribution in [-0.2, 0) is 4.74 Å².